The van der Waals surface area contributed by atoms with Gasteiger partial charge in [0.1, 0.15) is 5.92 Å². The summed E-state index contributed by atoms with van der Waals surface area (Å²) in [6.07, 6.45) is 0. The molecule has 0 aliphatic heterocycles. The van der Waals surface area contributed by atoms with Crippen LogP contribution in [0.4, 0.5) is 0 Å². The summed E-state index contributed by atoms with van der Waals surface area (Å²) in [6, 6.07) is 0. The second-order valence-corrected chi connectivity index (χ2v) is 2.88. The molecule has 0 saturated heterocycles. The van der Waals surface area contributed by atoms with Gasteiger partial charge in [0.05, 0.1) is 0 Å². The Balaban J connectivity index is 3.85. The minimum absolute atomic E-state index is 0.315. The van der Waals surface area contributed by atoms with E-state index in [4.69, 9.17) is 11.5 Å². The lowest BCUT2D eigenvalue weighted by atomic mass is 10.1. The third-order valence-corrected chi connectivity index (χ3v) is 1.67. The van der Waals surface area contributed by atoms with E-state index < -0.39 is 5.92 Å². The fourth-order valence-electron chi connectivity index (χ4n) is 0.816. The van der Waals surface area contributed by atoms with Crippen LogP contribution in [0, 0.1) is 5.92 Å². The molecule has 0 atom stereocenters. The van der Waals surface area contributed by atoms with Crippen molar-refractivity contribution in [3.8, 4) is 0 Å². The molecule has 2 amide bonds. The Hall–Kier alpha value is -1.14. The van der Waals surface area contributed by atoms with Gasteiger partial charge in [-0.25, -0.2) is 0 Å². The van der Waals surface area contributed by atoms with Crippen LogP contribution in [-0.4, -0.2) is 38.0 Å². The van der Waals surface area contributed by atoms with Gasteiger partial charge in [0.2, 0.25) is 11.8 Å². The highest BCUT2D eigenvalue weighted by Gasteiger charge is 2.19. The smallest absolute Gasteiger partial charge is 0.232 e. The molecule has 0 rings (SSSR count). The Morgan fingerprint density at radius 2 is 1.43 bits per heavy atom. The lowest BCUT2D eigenvalue weighted by Gasteiger charge is -2.11. The molecule has 0 aromatic rings. The van der Waals surface area contributed by atoms with E-state index in [-0.39, 0.29) is 11.8 Å². The van der Waals surface area contributed by atoms with E-state index in [1.807, 2.05) is 0 Å². The largest absolute Gasteiger partial charge is 0.354 e. The standard InChI is InChI=1S/C8H18N4O2/c1-6(7(13)11-4-2-9)8(14)12-5-3-10/h6H,2-5,9-10H2,1H3,(H,11,13)(H,12,14). The van der Waals surface area contributed by atoms with Crippen LogP contribution >= 0.6 is 0 Å². The zero-order valence-electron chi connectivity index (χ0n) is 8.38. The molecule has 0 radical (unpaired) electrons. The highest BCUT2D eigenvalue weighted by molar-refractivity contribution is 5.99. The van der Waals surface area contributed by atoms with Gasteiger partial charge in [-0.3, -0.25) is 9.59 Å². The average molecular weight is 202 g/mol. The maximum absolute atomic E-state index is 11.2. The van der Waals surface area contributed by atoms with E-state index in [0.29, 0.717) is 26.2 Å². The average Bonchev–Trinajstić information content (AvgIpc) is 2.21. The van der Waals surface area contributed by atoms with Crippen LogP contribution in [0.3, 0.4) is 0 Å². The summed E-state index contributed by atoms with van der Waals surface area (Å²) in [5.41, 5.74) is 10.4. The quantitative estimate of drug-likeness (QED) is 0.365. The zero-order chi connectivity index (χ0) is 11.0. The Morgan fingerprint density at radius 3 is 1.71 bits per heavy atom. The summed E-state index contributed by atoms with van der Waals surface area (Å²) in [4.78, 5) is 22.5. The van der Waals surface area contributed by atoms with Crippen LogP contribution in [-0.2, 0) is 9.59 Å². The van der Waals surface area contributed by atoms with Gasteiger partial charge < -0.3 is 22.1 Å². The number of carbonyl (C=O) groups is 2. The number of hydrogen-bond acceptors (Lipinski definition) is 4. The van der Waals surface area contributed by atoms with Crippen molar-refractivity contribution in [1.29, 1.82) is 0 Å². The molecule has 6 heteroatoms. The minimum Gasteiger partial charge on any atom is -0.354 e. The van der Waals surface area contributed by atoms with Crippen LogP contribution in [0.5, 0.6) is 0 Å². The van der Waals surface area contributed by atoms with E-state index in [1.54, 1.807) is 0 Å². The van der Waals surface area contributed by atoms with E-state index in [0.717, 1.165) is 0 Å². The first-order valence-electron chi connectivity index (χ1n) is 4.59. The molecular weight excluding hydrogens is 184 g/mol. The summed E-state index contributed by atoms with van der Waals surface area (Å²) in [6.45, 7) is 3.03. The SMILES string of the molecule is CC(C(=O)NCCN)C(=O)NCCN. The summed E-state index contributed by atoms with van der Waals surface area (Å²) in [7, 11) is 0. The fourth-order valence-corrected chi connectivity index (χ4v) is 0.816. The third-order valence-electron chi connectivity index (χ3n) is 1.67. The Morgan fingerprint density at radius 1 is 1.07 bits per heavy atom. The Kier molecular flexibility index (Phi) is 6.69. The van der Waals surface area contributed by atoms with Gasteiger partial charge in [-0.05, 0) is 6.92 Å². The van der Waals surface area contributed by atoms with Gasteiger partial charge in [0.15, 0.2) is 0 Å². The van der Waals surface area contributed by atoms with Gasteiger partial charge in [-0.2, -0.15) is 0 Å². The minimum atomic E-state index is -0.701. The topological polar surface area (TPSA) is 110 Å². The molecular formula is C8H18N4O2. The molecule has 0 heterocycles. The first-order valence-corrected chi connectivity index (χ1v) is 4.59. The molecule has 14 heavy (non-hydrogen) atoms. The molecule has 0 aromatic heterocycles. The Labute approximate surface area is 83.4 Å². The normalized spacial score (nSPS) is 10.0. The predicted octanol–water partition coefficient (Wildman–Crippen LogP) is -2.23. The van der Waals surface area contributed by atoms with Crippen molar-refractivity contribution in [2.45, 2.75) is 6.92 Å². The van der Waals surface area contributed by atoms with Crippen LogP contribution < -0.4 is 22.1 Å². The molecule has 0 bridgehead atoms. The molecule has 0 aromatic carbocycles. The van der Waals surface area contributed by atoms with Crippen molar-refractivity contribution in [3.05, 3.63) is 0 Å². The van der Waals surface area contributed by atoms with Crippen LogP contribution in [0.2, 0.25) is 0 Å². The summed E-state index contributed by atoms with van der Waals surface area (Å²) in [5, 5.41) is 5.07. The monoisotopic (exact) mass is 202 g/mol. The third kappa shape index (κ3) is 4.78. The predicted molar refractivity (Wildman–Crippen MR) is 53.3 cm³/mol. The van der Waals surface area contributed by atoms with Gasteiger partial charge in [0, 0.05) is 26.2 Å². The van der Waals surface area contributed by atoms with Gasteiger partial charge in [0.25, 0.3) is 0 Å². The fraction of sp³-hybridized carbons (Fsp3) is 0.750. The van der Waals surface area contributed by atoms with Crippen molar-refractivity contribution in [2.24, 2.45) is 17.4 Å². The lowest BCUT2D eigenvalue weighted by Crippen LogP contribution is -2.42. The second-order valence-electron chi connectivity index (χ2n) is 2.88. The van der Waals surface area contributed by atoms with Gasteiger partial charge >= 0.3 is 0 Å². The van der Waals surface area contributed by atoms with Crippen LogP contribution in [0.25, 0.3) is 0 Å². The highest BCUT2D eigenvalue weighted by Crippen LogP contribution is 1.93. The summed E-state index contributed by atoms with van der Waals surface area (Å²) in [5.74, 6) is -1.33. The van der Waals surface area contributed by atoms with E-state index >= 15 is 0 Å². The molecule has 6 N–H and O–H groups in total. The number of nitrogens with two attached hydrogens (primary N) is 2. The van der Waals surface area contributed by atoms with Crippen molar-refractivity contribution in [1.82, 2.24) is 10.6 Å². The number of hydrogen-bond donors (Lipinski definition) is 4. The molecule has 0 spiro atoms. The van der Waals surface area contributed by atoms with E-state index in [9.17, 15) is 9.59 Å². The molecule has 82 valence electrons. The van der Waals surface area contributed by atoms with Crippen LogP contribution in [0.1, 0.15) is 6.92 Å². The van der Waals surface area contributed by atoms with Crippen molar-refractivity contribution < 1.29 is 9.59 Å². The summed E-state index contributed by atoms with van der Waals surface area (Å²) >= 11 is 0. The molecule has 0 saturated carbocycles. The lowest BCUT2D eigenvalue weighted by molar-refractivity contribution is -0.134. The maximum atomic E-state index is 11.2. The van der Waals surface area contributed by atoms with E-state index in [2.05, 4.69) is 10.6 Å². The maximum Gasteiger partial charge on any atom is 0.232 e. The van der Waals surface area contributed by atoms with Crippen molar-refractivity contribution in [2.75, 3.05) is 26.2 Å². The van der Waals surface area contributed by atoms with Crippen molar-refractivity contribution >= 4 is 11.8 Å². The molecule has 0 fully saturated rings. The molecule has 0 unspecified atom stereocenters. The van der Waals surface area contributed by atoms with Gasteiger partial charge in [-0.15, -0.1) is 0 Å². The first-order chi connectivity index (χ1) is 6.63. The molecule has 0 aliphatic carbocycles. The van der Waals surface area contributed by atoms with Crippen LogP contribution in [0.15, 0.2) is 0 Å². The number of amides is 2. The second kappa shape index (κ2) is 7.28. The molecule has 6 nitrogen and oxygen atoms in total. The number of nitrogens with one attached hydrogen (secondary N) is 2. The Bertz CT molecular complexity index is 176. The molecule has 0 aliphatic rings. The number of rotatable bonds is 6. The van der Waals surface area contributed by atoms with Gasteiger partial charge in [-0.1, -0.05) is 0 Å². The summed E-state index contributed by atoms with van der Waals surface area (Å²) < 4.78 is 0. The zero-order valence-corrected chi connectivity index (χ0v) is 8.38. The highest BCUT2D eigenvalue weighted by atomic mass is 16.2. The van der Waals surface area contributed by atoms with Crippen molar-refractivity contribution in [3.63, 3.8) is 0 Å². The number of carbonyl (C=O) groups excluding carboxylic acids is 2. The first kappa shape index (κ1) is 12.9. The van der Waals surface area contributed by atoms with E-state index in [1.165, 1.54) is 6.92 Å².